The molecule has 0 saturated heterocycles. The lowest BCUT2D eigenvalue weighted by Gasteiger charge is -2.10. The highest BCUT2D eigenvalue weighted by Gasteiger charge is 2.13. The number of aliphatic hydroxyl groups excluding tert-OH is 1. The summed E-state index contributed by atoms with van der Waals surface area (Å²) in [6.45, 7) is 2.96. The van der Waals surface area contributed by atoms with Crippen molar-refractivity contribution in [1.29, 1.82) is 0 Å². The van der Waals surface area contributed by atoms with Gasteiger partial charge >= 0.3 is 0 Å². The van der Waals surface area contributed by atoms with Crippen molar-refractivity contribution in [2.45, 2.75) is 26.0 Å². The van der Waals surface area contributed by atoms with Crippen molar-refractivity contribution >= 4 is 0 Å². The summed E-state index contributed by atoms with van der Waals surface area (Å²) >= 11 is 0. The molecule has 0 bridgehead atoms. The fraction of sp³-hybridized carbons (Fsp3) is 0.357. The first-order chi connectivity index (χ1) is 8.74. The fourth-order valence-corrected chi connectivity index (χ4v) is 1.88. The van der Waals surface area contributed by atoms with Crippen molar-refractivity contribution in [2.75, 3.05) is 7.11 Å². The number of benzene rings is 1. The zero-order chi connectivity index (χ0) is 13.0. The van der Waals surface area contributed by atoms with Crippen molar-refractivity contribution in [1.82, 2.24) is 9.78 Å². The van der Waals surface area contributed by atoms with Crippen LogP contribution in [0.15, 0.2) is 36.7 Å². The van der Waals surface area contributed by atoms with Crippen molar-refractivity contribution < 1.29 is 9.84 Å². The monoisotopic (exact) mass is 246 g/mol. The molecule has 1 unspecified atom stereocenters. The molecule has 1 aromatic heterocycles. The van der Waals surface area contributed by atoms with Gasteiger partial charge in [-0.15, -0.1) is 0 Å². The van der Waals surface area contributed by atoms with Crippen LogP contribution in [-0.2, 0) is 6.54 Å². The molecule has 0 amide bonds. The number of aryl methyl sites for hydroxylation is 1. The SMILES string of the molecule is CCCn1cc(C(O)c2cccc(OC)c2)cn1. The highest BCUT2D eigenvalue weighted by atomic mass is 16.5. The molecule has 96 valence electrons. The van der Waals surface area contributed by atoms with Crippen LogP contribution < -0.4 is 4.74 Å². The standard InChI is InChI=1S/C14H18N2O2/c1-3-7-16-10-12(9-15-16)14(17)11-5-4-6-13(8-11)18-2/h4-6,8-10,14,17H,3,7H2,1-2H3. The molecule has 0 radical (unpaired) electrons. The third-order valence-corrected chi connectivity index (χ3v) is 2.83. The van der Waals surface area contributed by atoms with Gasteiger partial charge in [-0.3, -0.25) is 4.68 Å². The largest absolute Gasteiger partial charge is 0.497 e. The number of methoxy groups -OCH3 is 1. The van der Waals surface area contributed by atoms with E-state index in [1.54, 1.807) is 13.3 Å². The summed E-state index contributed by atoms with van der Waals surface area (Å²) in [4.78, 5) is 0. The highest BCUT2D eigenvalue weighted by Crippen LogP contribution is 2.24. The first-order valence-corrected chi connectivity index (χ1v) is 6.09. The quantitative estimate of drug-likeness (QED) is 0.881. The van der Waals surface area contributed by atoms with E-state index in [0.29, 0.717) is 0 Å². The van der Waals surface area contributed by atoms with Crippen LogP contribution in [0.4, 0.5) is 0 Å². The van der Waals surface area contributed by atoms with Crippen LogP contribution in [0.25, 0.3) is 0 Å². The van der Waals surface area contributed by atoms with E-state index in [2.05, 4.69) is 12.0 Å². The van der Waals surface area contributed by atoms with Crippen molar-refractivity contribution in [3.63, 3.8) is 0 Å². The van der Waals surface area contributed by atoms with Crippen LogP contribution in [0.5, 0.6) is 5.75 Å². The topological polar surface area (TPSA) is 47.3 Å². The predicted molar refractivity (Wildman–Crippen MR) is 69.6 cm³/mol. The Bertz CT molecular complexity index is 508. The average molecular weight is 246 g/mol. The lowest BCUT2D eigenvalue weighted by molar-refractivity contribution is 0.219. The van der Waals surface area contributed by atoms with Crippen LogP contribution in [0.3, 0.4) is 0 Å². The summed E-state index contributed by atoms with van der Waals surface area (Å²) in [6, 6.07) is 7.44. The van der Waals surface area contributed by atoms with Gasteiger partial charge in [-0.05, 0) is 24.1 Å². The Kier molecular flexibility index (Phi) is 3.99. The molecule has 1 atom stereocenters. The molecule has 4 nitrogen and oxygen atoms in total. The maximum Gasteiger partial charge on any atom is 0.119 e. The van der Waals surface area contributed by atoms with Crippen LogP contribution >= 0.6 is 0 Å². The lowest BCUT2D eigenvalue weighted by atomic mass is 10.0. The van der Waals surface area contributed by atoms with Gasteiger partial charge in [0, 0.05) is 18.3 Å². The maximum absolute atomic E-state index is 10.3. The highest BCUT2D eigenvalue weighted by molar-refractivity contribution is 5.33. The first kappa shape index (κ1) is 12.6. The van der Waals surface area contributed by atoms with E-state index in [0.717, 1.165) is 29.8 Å². The second kappa shape index (κ2) is 5.69. The number of aliphatic hydroxyl groups is 1. The molecule has 0 aliphatic heterocycles. The zero-order valence-corrected chi connectivity index (χ0v) is 10.7. The number of aromatic nitrogens is 2. The van der Waals surface area contributed by atoms with Gasteiger partial charge in [0.25, 0.3) is 0 Å². The van der Waals surface area contributed by atoms with Gasteiger partial charge in [0.1, 0.15) is 11.9 Å². The molecule has 2 aromatic rings. The summed E-state index contributed by atoms with van der Waals surface area (Å²) in [5, 5.41) is 14.5. The van der Waals surface area contributed by atoms with Crippen molar-refractivity contribution in [2.24, 2.45) is 0 Å². The van der Waals surface area contributed by atoms with Gasteiger partial charge in [-0.1, -0.05) is 19.1 Å². The number of ether oxygens (including phenoxy) is 1. The number of nitrogens with zero attached hydrogens (tertiary/aromatic N) is 2. The first-order valence-electron chi connectivity index (χ1n) is 6.09. The minimum Gasteiger partial charge on any atom is -0.497 e. The summed E-state index contributed by atoms with van der Waals surface area (Å²) in [5.74, 6) is 0.743. The minimum absolute atomic E-state index is 0.661. The maximum atomic E-state index is 10.3. The van der Waals surface area contributed by atoms with Gasteiger partial charge in [-0.2, -0.15) is 5.10 Å². The van der Waals surface area contributed by atoms with Gasteiger partial charge in [0.15, 0.2) is 0 Å². The Morgan fingerprint density at radius 3 is 2.94 bits per heavy atom. The molecule has 18 heavy (non-hydrogen) atoms. The Morgan fingerprint density at radius 2 is 2.22 bits per heavy atom. The molecule has 2 rings (SSSR count). The van der Waals surface area contributed by atoms with Gasteiger partial charge < -0.3 is 9.84 Å². The minimum atomic E-state index is -0.661. The van der Waals surface area contributed by atoms with Gasteiger partial charge in [0.2, 0.25) is 0 Å². The number of rotatable bonds is 5. The van der Waals surface area contributed by atoms with E-state index in [-0.39, 0.29) is 0 Å². The smallest absolute Gasteiger partial charge is 0.119 e. The fourth-order valence-electron chi connectivity index (χ4n) is 1.88. The molecule has 0 aliphatic rings. The zero-order valence-electron chi connectivity index (χ0n) is 10.7. The van der Waals surface area contributed by atoms with Crippen molar-refractivity contribution in [3.05, 3.63) is 47.8 Å². The molecule has 0 fully saturated rings. The average Bonchev–Trinajstić information content (AvgIpc) is 2.87. The van der Waals surface area contributed by atoms with E-state index < -0.39 is 6.10 Å². The van der Waals surface area contributed by atoms with Crippen LogP contribution in [0.2, 0.25) is 0 Å². The van der Waals surface area contributed by atoms with Crippen LogP contribution in [0.1, 0.15) is 30.6 Å². The normalized spacial score (nSPS) is 12.4. The van der Waals surface area contributed by atoms with Gasteiger partial charge in [0.05, 0.1) is 13.3 Å². The third kappa shape index (κ3) is 2.71. The van der Waals surface area contributed by atoms with Crippen molar-refractivity contribution in [3.8, 4) is 5.75 Å². The summed E-state index contributed by atoms with van der Waals surface area (Å²) < 4.78 is 7.00. The van der Waals surface area contributed by atoms with E-state index in [9.17, 15) is 5.11 Å². The second-order valence-corrected chi connectivity index (χ2v) is 4.22. The third-order valence-electron chi connectivity index (χ3n) is 2.83. The molecule has 1 N–H and O–H groups in total. The Balaban J connectivity index is 2.20. The molecule has 0 spiro atoms. The van der Waals surface area contributed by atoms with Crippen LogP contribution in [-0.4, -0.2) is 22.0 Å². The molecule has 0 saturated carbocycles. The Morgan fingerprint density at radius 1 is 1.39 bits per heavy atom. The molecule has 1 heterocycles. The summed E-state index contributed by atoms with van der Waals surface area (Å²) in [5.41, 5.74) is 1.61. The van der Waals surface area contributed by atoms with Gasteiger partial charge in [-0.25, -0.2) is 0 Å². The number of hydrogen-bond acceptors (Lipinski definition) is 3. The second-order valence-electron chi connectivity index (χ2n) is 4.22. The molecule has 1 aromatic carbocycles. The molecule has 4 heteroatoms. The lowest BCUT2D eigenvalue weighted by Crippen LogP contribution is -1.99. The number of hydrogen-bond donors (Lipinski definition) is 1. The van der Waals surface area contributed by atoms with E-state index in [1.807, 2.05) is 35.1 Å². The van der Waals surface area contributed by atoms with E-state index in [4.69, 9.17) is 4.74 Å². The summed E-state index contributed by atoms with van der Waals surface area (Å²) in [6.07, 6.45) is 3.95. The summed E-state index contributed by atoms with van der Waals surface area (Å²) in [7, 11) is 1.62. The van der Waals surface area contributed by atoms with E-state index in [1.165, 1.54) is 0 Å². The van der Waals surface area contributed by atoms with E-state index >= 15 is 0 Å². The Labute approximate surface area is 107 Å². The molecular formula is C14H18N2O2. The molecule has 0 aliphatic carbocycles. The Hall–Kier alpha value is -1.81. The predicted octanol–water partition coefficient (Wildman–Crippen LogP) is 2.38. The molecular weight excluding hydrogens is 228 g/mol. The van der Waals surface area contributed by atoms with Crippen LogP contribution in [0, 0.1) is 0 Å².